The summed E-state index contributed by atoms with van der Waals surface area (Å²) in [5, 5.41) is 3.25. The van der Waals surface area contributed by atoms with E-state index >= 15 is 0 Å². The molecular weight excluding hydrogens is 312 g/mol. The highest BCUT2D eigenvalue weighted by Gasteiger charge is 2.19. The first-order valence-electron chi connectivity index (χ1n) is 7.27. The van der Waals surface area contributed by atoms with Crippen molar-refractivity contribution in [1.82, 2.24) is 0 Å². The maximum Gasteiger partial charge on any atom is 0.256 e. The number of primary amides is 1. The number of benzene rings is 1. The van der Waals surface area contributed by atoms with Gasteiger partial charge in [0.2, 0.25) is 0 Å². The molecule has 2 rings (SSSR count). The van der Waals surface area contributed by atoms with Crippen molar-refractivity contribution in [2.45, 2.75) is 33.8 Å². The first-order valence-corrected chi connectivity index (χ1v) is 8.09. The van der Waals surface area contributed by atoms with Gasteiger partial charge in [-0.05, 0) is 57.5 Å². The number of nitrogens with two attached hydrogens (primary N) is 1. The highest BCUT2D eigenvalue weighted by molar-refractivity contribution is 7.16. The van der Waals surface area contributed by atoms with Gasteiger partial charge in [-0.15, -0.1) is 11.3 Å². The van der Waals surface area contributed by atoms with Gasteiger partial charge in [0.05, 0.1) is 11.7 Å². The second-order valence-electron chi connectivity index (χ2n) is 5.50. The number of thiophene rings is 1. The molecule has 0 saturated carbocycles. The largest absolute Gasteiger partial charge is 0.491 e. The Hall–Kier alpha value is -2.34. The van der Waals surface area contributed by atoms with E-state index < -0.39 is 5.91 Å². The standard InChI is InChI=1S/C17H20N2O3S/c1-9(2)22-13-7-5-12(6-8-13)16(21)19-17-14(15(18)20)10(3)11(4)23-17/h5-9H,1-4H3,(H2,18,20)(H,19,21). The number of ether oxygens (including phenoxy) is 1. The SMILES string of the molecule is Cc1sc(NC(=O)c2ccc(OC(C)C)cc2)c(C(N)=O)c1C. The van der Waals surface area contributed by atoms with Crippen molar-refractivity contribution in [1.29, 1.82) is 0 Å². The Morgan fingerprint density at radius 1 is 1.17 bits per heavy atom. The Labute approximate surface area is 139 Å². The summed E-state index contributed by atoms with van der Waals surface area (Å²) in [5.41, 5.74) is 7.08. The molecule has 0 fully saturated rings. The molecule has 23 heavy (non-hydrogen) atoms. The van der Waals surface area contributed by atoms with Gasteiger partial charge >= 0.3 is 0 Å². The molecule has 0 aliphatic carbocycles. The van der Waals surface area contributed by atoms with Gasteiger partial charge < -0.3 is 15.8 Å². The Morgan fingerprint density at radius 2 is 1.78 bits per heavy atom. The lowest BCUT2D eigenvalue weighted by Crippen LogP contribution is -2.17. The van der Waals surface area contributed by atoms with Gasteiger partial charge in [-0.1, -0.05) is 0 Å². The summed E-state index contributed by atoms with van der Waals surface area (Å²) in [5.74, 6) is -0.120. The topological polar surface area (TPSA) is 81.4 Å². The molecule has 0 aliphatic heterocycles. The van der Waals surface area contributed by atoms with E-state index in [0.717, 1.165) is 10.4 Å². The number of hydrogen-bond acceptors (Lipinski definition) is 4. The smallest absolute Gasteiger partial charge is 0.256 e. The van der Waals surface area contributed by atoms with Crippen LogP contribution in [-0.2, 0) is 0 Å². The van der Waals surface area contributed by atoms with Gasteiger partial charge in [0.25, 0.3) is 11.8 Å². The minimum absolute atomic E-state index is 0.0740. The lowest BCUT2D eigenvalue weighted by molar-refractivity contribution is 0.100. The third-order valence-corrected chi connectivity index (χ3v) is 4.47. The molecule has 1 aromatic carbocycles. The third kappa shape index (κ3) is 3.90. The van der Waals surface area contributed by atoms with E-state index in [0.29, 0.717) is 21.9 Å². The minimum atomic E-state index is -0.539. The van der Waals surface area contributed by atoms with Gasteiger partial charge in [-0.25, -0.2) is 0 Å². The van der Waals surface area contributed by atoms with Crippen LogP contribution in [-0.4, -0.2) is 17.9 Å². The summed E-state index contributed by atoms with van der Waals surface area (Å²) in [6.45, 7) is 7.58. The molecule has 2 amide bonds. The first-order chi connectivity index (χ1) is 10.8. The average molecular weight is 332 g/mol. The molecule has 122 valence electrons. The second-order valence-corrected chi connectivity index (χ2v) is 6.72. The van der Waals surface area contributed by atoms with Crippen LogP contribution in [0.5, 0.6) is 5.75 Å². The van der Waals surface area contributed by atoms with E-state index in [-0.39, 0.29) is 12.0 Å². The van der Waals surface area contributed by atoms with Crippen LogP contribution in [0.3, 0.4) is 0 Å². The monoisotopic (exact) mass is 332 g/mol. The molecule has 0 radical (unpaired) electrons. The van der Waals surface area contributed by atoms with E-state index in [2.05, 4.69) is 5.32 Å². The van der Waals surface area contributed by atoms with Crippen LogP contribution in [0.4, 0.5) is 5.00 Å². The molecule has 2 aromatic rings. The van der Waals surface area contributed by atoms with Crippen LogP contribution in [0.25, 0.3) is 0 Å². The van der Waals surface area contributed by atoms with E-state index in [1.807, 2.05) is 27.7 Å². The molecule has 1 aromatic heterocycles. The van der Waals surface area contributed by atoms with Crippen molar-refractivity contribution >= 4 is 28.2 Å². The number of amides is 2. The van der Waals surface area contributed by atoms with Crippen molar-refractivity contribution in [3.05, 3.63) is 45.8 Å². The van der Waals surface area contributed by atoms with Crippen molar-refractivity contribution in [2.24, 2.45) is 5.73 Å². The Kier molecular flexibility index (Phi) is 5.05. The van der Waals surface area contributed by atoms with Gasteiger partial charge in [0, 0.05) is 10.4 Å². The fourth-order valence-corrected chi connectivity index (χ4v) is 3.20. The lowest BCUT2D eigenvalue weighted by Gasteiger charge is -2.10. The van der Waals surface area contributed by atoms with Crippen LogP contribution in [0, 0.1) is 13.8 Å². The molecule has 1 heterocycles. The zero-order valence-corrected chi connectivity index (χ0v) is 14.4. The first kappa shape index (κ1) is 17.0. The normalized spacial score (nSPS) is 10.7. The van der Waals surface area contributed by atoms with E-state index in [9.17, 15) is 9.59 Å². The number of anilines is 1. The summed E-state index contributed by atoms with van der Waals surface area (Å²) in [7, 11) is 0. The van der Waals surface area contributed by atoms with Gasteiger partial charge in [-0.3, -0.25) is 9.59 Å². The second kappa shape index (κ2) is 6.83. The van der Waals surface area contributed by atoms with Crippen molar-refractivity contribution in [3.8, 4) is 5.75 Å². The molecule has 0 aliphatic rings. The quantitative estimate of drug-likeness (QED) is 0.879. The van der Waals surface area contributed by atoms with Crippen LogP contribution < -0.4 is 15.8 Å². The van der Waals surface area contributed by atoms with Crippen molar-refractivity contribution in [2.75, 3.05) is 5.32 Å². The maximum atomic E-state index is 12.3. The highest BCUT2D eigenvalue weighted by atomic mass is 32.1. The number of carbonyl (C=O) groups excluding carboxylic acids is 2. The molecule has 3 N–H and O–H groups in total. The fraction of sp³-hybridized carbons (Fsp3) is 0.294. The molecule has 0 saturated heterocycles. The Morgan fingerprint density at radius 3 is 2.30 bits per heavy atom. The van der Waals surface area contributed by atoms with Gasteiger partial charge in [-0.2, -0.15) is 0 Å². The molecule has 0 atom stereocenters. The minimum Gasteiger partial charge on any atom is -0.491 e. The highest BCUT2D eigenvalue weighted by Crippen LogP contribution is 2.32. The molecular formula is C17H20N2O3S. The van der Waals surface area contributed by atoms with E-state index in [1.54, 1.807) is 24.3 Å². The number of rotatable bonds is 5. The molecule has 6 heteroatoms. The van der Waals surface area contributed by atoms with Crippen molar-refractivity contribution < 1.29 is 14.3 Å². The zero-order chi connectivity index (χ0) is 17.1. The predicted molar refractivity (Wildman–Crippen MR) is 92.5 cm³/mol. The number of hydrogen-bond donors (Lipinski definition) is 2. The molecule has 0 spiro atoms. The average Bonchev–Trinajstić information content (AvgIpc) is 2.73. The van der Waals surface area contributed by atoms with Crippen LogP contribution in [0.1, 0.15) is 45.0 Å². The summed E-state index contributed by atoms with van der Waals surface area (Å²) in [6, 6.07) is 6.86. The maximum absolute atomic E-state index is 12.3. The molecule has 0 unspecified atom stereocenters. The summed E-state index contributed by atoms with van der Waals surface area (Å²) >= 11 is 1.35. The van der Waals surface area contributed by atoms with Crippen molar-refractivity contribution in [3.63, 3.8) is 0 Å². The lowest BCUT2D eigenvalue weighted by atomic mass is 10.1. The Balaban J connectivity index is 2.19. The van der Waals surface area contributed by atoms with Gasteiger partial charge in [0.15, 0.2) is 0 Å². The zero-order valence-electron chi connectivity index (χ0n) is 13.6. The summed E-state index contributed by atoms with van der Waals surface area (Å²) in [4.78, 5) is 24.9. The molecule has 0 bridgehead atoms. The molecule has 5 nitrogen and oxygen atoms in total. The van der Waals surface area contributed by atoms with Crippen LogP contribution >= 0.6 is 11.3 Å². The van der Waals surface area contributed by atoms with Gasteiger partial charge in [0.1, 0.15) is 10.8 Å². The summed E-state index contributed by atoms with van der Waals surface area (Å²) < 4.78 is 5.55. The Bertz CT molecular complexity index is 733. The number of carbonyl (C=O) groups is 2. The fourth-order valence-electron chi connectivity index (χ4n) is 2.14. The third-order valence-electron chi connectivity index (χ3n) is 3.35. The number of aryl methyl sites for hydroxylation is 1. The number of nitrogens with one attached hydrogen (secondary N) is 1. The predicted octanol–water partition coefficient (Wildman–Crippen LogP) is 3.50. The van der Waals surface area contributed by atoms with Crippen LogP contribution in [0.15, 0.2) is 24.3 Å². The van der Waals surface area contributed by atoms with E-state index in [4.69, 9.17) is 10.5 Å². The van der Waals surface area contributed by atoms with E-state index in [1.165, 1.54) is 11.3 Å². The summed E-state index contributed by atoms with van der Waals surface area (Å²) in [6.07, 6.45) is 0.0740. The van der Waals surface area contributed by atoms with Crippen LogP contribution in [0.2, 0.25) is 0 Å².